The first-order valence-electron chi connectivity index (χ1n) is 4.59. The predicted molar refractivity (Wildman–Crippen MR) is 53.6 cm³/mol. The molecule has 1 rings (SSSR count). The van der Waals surface area contributed by atoms with Gasteiger partial charge in [-0.05, 0) is 26.0 Å². The molecule has 80 valence electrons. The zero-order chi connectivity index (χ0) is 11.3. The van der Waals surface area contributed by atoms with Crippen molar-refractivity contribution in [1.29, 1.82) is 0 Å². The summed E-state index contributed by atoms with van der Waals surface area (Å²) < 4.78 is 8.91. The van der Waals surface area contributed by atoms with Crippen LogP contribution in [0.25, 0.3) is 0 Å². The average Bonchev–Trinajstić information content (AvgIpc) is 2.18. The molecule has 0 atom stereocenters. The second-order valence-electron chi connectivity index (χ2n) is 2.94. The highest BCUT2D eigenvalue weighted by Crippen LogP contribution is 2.06. The number of rotatable bonds is 2. The van der Waals surface area contributed by atoms with Gasteiger partial charge < -0.3 is 9.47 Å². The van der Waals surface area contributed by atoms with E-state index in [2.05, 4.69) is 9.47 Å². The standard InChI is InChI=1S/C11H12O4/c1-3-14-11(13)15-10(12)9-6-4-5-8(2)7-9/h4-7H,3H2,1-2H3. The van der Waals surface area contributed by atoms with Crippen molar-refractivity contribution in [2.75, 3.05) is 6.61 Å². The molecule has 0 saturated heterocycles. The van der Waals surface area contributed by atoms with Crippen molar-refractivity contribution in [3.8, 4) is 0 Å². The molecule has 0 bridgehead atoms. The molecule has 4 heteroatoms. The fourth-order valence-corrected chi connectivity index (χ4v) is 1.05. The second-order valence-corrected chi connectivity index (χ2v) is 2.94. The predicted octanol–water partition coefficient (Wildman–Crippen LogP) is 2.31. The van der Waals surface area contributed by atoms with Gasteiger partial charge in [-0.1, -0.05) is 17.7 Å². The van der Waals surface area contributed by atoms with Crippen molar-refractivity contribution in [1.82, 2.24) is 0 Å². The Kier molecular flexibility index (Phi) is 3.85. The van der Waals surface area contributed by atoms with Crippen LogP contribution in [-0.4, -0.2) is 18.7 Å². The van der Waals surface area contributed by atoms with Crippen LogP contribution in [0.15, 0.2) is 24.3 Å². The lowest BCUT2D eigenvalue weighted by atomic mass is 10.1. The van der Waals surface area contributed by atoms with Crippen molar-refractivity contribution in [2.24, 2.45) is 0 Å². The van der Waals surface area contributed by atoms with Gasteiger partial charge in [-0.3, -0.25) is 0 Å². The summed E-state index contributed by atoms with van der Waals surface area (Å²) in [5.41, 5.74) is 1.26. The third-order valence-electron chi connectivity index (χ3n) is 1.69. The summed E-state index contributed by atoms with van der Waals surface area (Å²) in [5.74, 6) is -0.697. The quantitative estimate of drug-likeness (QED) is 0.552. The molecule has 1 aromatic carbocycles. The van der Waals surface area contributed by atoms with Gasteiger partial charge >= 0.3 is 12.1 Å². The molecule has 0 aliphatic carbocycles. The number of hydrogen-bond donors (Lipinski definition) is 0. The SMILES string of the molecule is CCOC(=O)OC(=O)c1cccc(C)c1. The van der Waals surface area contributed by atoms with E-state index >= 15 is 0 Å². The minimum absolute atomic E-state index is 0.180. The van der Waals surface area contributed by atoms with Crippen LogP contribution in [-0.2, 0) is 9.47 Å². The smallest absolute Gasteiger partial charge is 0.434 e. The molecule has 0 heterocycles. The number of carbonyl (C=O) groups is 2. The summed E-state index contributed by atoms with van der Waals surface area (Å²) in [6.07, 6.45) is -0.969. The molecular formula is C11H12O4. The zero-order valence-electron chi connectivity index (χ0n) is 8.65. The van der Waals surface area contributed by atoms with Crippen LogP contribution in [0.1, 0.15) is 22.8 Å². The maximum Gasteiger partial charge on any atom is 0.516 e. The van der Waals surface area contributed by atoms with E-state index in [0.717, 1.165) is 5.56 Å². The first-order chi connectivity index (χ1) is 7.13. The van der Waals surface area contributed by atoms with Gasteiger partial charge in [0.2, 0.25) is 0 Å². The highest BCUT2D eigenvalue weighted by atomic mass is 16.7. The molecule has 0 aliphatic rings. The average molecular weight is 208 g/mol. The van der Waals surface area contributed by atoms with E-state index in [4.69, 9.17) is 0 Å². The number of aryl methyl sites for hydroxylation is 1. The topological polar surface area (TPSA) is 52.6 Å². The molecule has 0 amide bonds. The number of carbonyl (C=O) groups excluding carboxylic acids is 2. The summed E-state index contributed by atoms with van der Waals surface area (Å²) >= 11 is 0. The largest absolute Gasteiger partial charge is 0.516 e. The van der Waals surface area contributed by atoms with Crippen LogP contribution >= 0.6 is 0 Å². The van der Waals surface area contributed by atoms with Crippen LogP contribution in [0.4, 0.5) is 4.79 Å². The van der Waals surface area contributed by atoms with Crippen molar-refractivity contribution >= 4 is 12.1 Å². The number of hydrogen-bond acceptors (Lipinski definition) is 4. The Labute approximate surface area is 87.8 Å². The Morgan fingerprint density at radius 3 is 2.67 bits per heavy atom. The van der Waals surface area contributed by atoms with Gasteiger partial charge in [0, 0.05) is 0 Å². The van der Waals surface area contributed by atoms with Crippen LogP contribution in [0.2, 0.25) is 0 Å². The maximum absolute atomic E-state index is 11.4. The van der Waals surface area contributed by atoms with E-state index < -0.39 is 12.1 Å². The van der Waals surface area contributed by atoms with Crippen molar-refractivity contribution in [3.05, 3.63) is 35.4 Å². The molecule has 1 aromatic rings. The van der Waals surface area contributed by atoms with Gasteiger partial charge in [0.15, 0.2) is 0 Å². The first kappa shape index (κ1) is 11.2. The highest BCUT2D eigenvalue weighted by Gasteiger charge is 2.13. The monoisotopic (exact) mass is 208 g/mol. The molecule has 0 fully saturated rings. The van der Waals surface area contributed by atoms with E-state index in [1.165, 1.54) is 0 Å². The number of ether oxygens (including phenoxy) is 2. The Hall–Kier alpha value is -1.84. The van der Waals surface area contributed by atoms with Crippen molar-refractivity contribution in [2.45, 2.75) is 13.8 Å². The third kappa shape index (κ3) is 3.42. The first-order valence-corrected chi connectivity index (χ1v) is 4.59. The molecule has 0 unspecified atom stereocenters. The lowest BCUT2D eigenvalue weighted by Gasteiger charge is -2.02. The van der Waals surface area contributed by atoms with Gasteiger partial charge in [0.25, 0.3) is 0 Å². The second kappa shape index (κ2) is 5.14. The molecule has 4 nitrogen and oxygen atoms in total. The summed E-state index contributed by atoms with van der Waals surface area (Å²) in [7, 11) is 0. The summed E-state index contributed by atoms with van der Waals surface area (Å²) in [5, 5.41) is 0. The number of esters is 1. The summed E-state index contributed by atoms with van der Waals surface area (Å²) in [6, 6.07) is 6.79. The Bertz CT molecular complexity index is 371. The van der Waals surface area contributed by atoms with E-state index in [-0.39, 0.29) is 6.61 Å². The molecule has 0 saturated carbocycles. The molecule has 0 N–H and O–H groups in total. The van der Waals surface area contributed by atoms with Gasteiger partial charge in [-0.2, -0.15) is 0 Å². The molecule has 0 radical (unpaired) electrons. The van der Waals surface area contributed by atoms with E-state index in [1.54, 1.807) is 25.1 Å². The lowest BCUT2D eigenvalue weighted by molar-refractivity contribution is 0.0401. The zero-order valence-corrected chi connectivity index (χ0v) is 8.65. The Balaban J connectivity index is 2.65. The number of benzene rings is 1. The molecule has 15 heavy (non-hydrogen) atoms. The molecular weight excluding hydrogens is 196 g/mol. The van der Waals surface area contributed by atoms with Crippen LogP contribution in [0.5, 0.6) is 0 Å². The summed E-state index contributed by atoms with van der Waals surface area (Å²) in [6.45, 7) is 3.67. The third-order valence-corrected chi connectivity index (χ3v) is 1.69. The lowest BCUT2D eigenvalue weighted by Crippen LogP contribution is -2.13. The van der Waals surface area contributed by atoms with Gasteiger partial charge in [-0.25, -0.2) is 9.59 Å². The van der Waals surface area contributed by atoms with Crippen molar-refractivity contribution < 1.29 is 19.1 Å². The van der Waals surface area contributed by atoms with Gasteiger partial charge in [0.05, 0.1) is 12.2 Å². The normalized spacial score (nSPS) is 9.47. The van der Waals surface area contributed by atoms with Crippen LogP contribution in [0.3, 0.4) is 0 Å². The Morgan fingerprint density at radius 2 is 2.07 bits per heavy atom. The molecule has 0 aromatic heterocycles. The van der Waals surface area contributed by atoms with E-state index in [9.17, 15) is 9.59 Å². The van der Waals surface area contributed by atoms with E-state index in [0.29, 0.717) is 5.56 Å². The molecule has 0 aliphatic heterocycles. The fraction of sp³-hybridized carbons (Fsp3) is 0.273. The van der Waals surface area contributed by atoms with Crippen molar-refractivity contribution in [3.63, 3.8) is 0 Å². The van der Waals surface area contributed by atoms with Gasteiger partial charge in [0.1, 0.15) is 0 Å². The van der Waals surface area contributed by atoms with Crippen LogP contribution in [0, 0.1) is 6.92 Å². The minimum atomic E-state index is -0.969. The van der Waals surface area contributed by atoms with Crippen LogP contribution < -0.4 is 0 Å². The molecule has 0 spiro atoms. The van der Waals surface area contributed by atoms with E-state index in [1.807, 2.05) is 13.0 Å². The van der Waals surface area contributed by atoms with Gasteiger partial charge in [-0.15, -0.1) is 0 Å². The highest BCUT2D eigenvalue weighted by molar-refractivity contribution is 5.95. The Morgan fingerprint density at radius 1 is 1.33 bits per heavy atom. The maximum atomic E-state index is 11.4. The fourth-order valence-electron chi connectivity index (χ4n) is 1.05. The minimum Gasteiger partial charge on any atom is -0.434 e. The summed E-state index contributed by atoms with van der Waals surface area (Å²) in [4.78, 5) is 22.2.